The zero-order chi connectivity index (χ0) is 11.2. The van der Waals surface area contributed by atoms with Crippen LogP contribution in [0.5, 0.6) is 0 Å². The van der Waals surface area contributed by atoms with Crippen molar-refractivity contribution in [2.75, 3.05) is 13.1 Å². The van der Waals surface area contributed by atoms with Crippen molar-refractivity contribution in [1.29, 1.82) is 0 Å². The number of nitrogens with one attached hydrogen (secondary N) is 1. The van der Waals surface area contributed by atoms with Gasteiger partial charge >= 0.3 is 0 Å². The molecule has 2 rings (SSSR count). The summed E-state index contributed by atoms with van der Waals surface area (Å²) in [4.78, 5) is 0. The van der Waals surface area contributed by atoms with Crippen LogP contribution in [-0.4, -0.2) is 13.1 Å². The van der Waals surface area contributed by atoms with Gasteiger partial charge in [-0.2, -0.15) is 0 Å². The minimum atomic E-state index is 0.979. The highest BCUT2D eigenvalue weighted by atomic mass is 14.9. The lowest BCUT2D eigenvalue weighted by Gasteiger charge is -2.27. The first-order chi connectivity index (χ1) is 7.84. The van der Waals surface area contributed by atoms with Crippen molar-refractivity contribution in [3.05, 3.63) is 0 Å². The molecule has 0 bridgehead atoms. The maximum atomic E-state index is 3.70. The van der Waals surface area contributed by atoms with Gasteiger partial charge in [-0.3, -0.25) is 0 Å². The molecular formula is C15H29N. The molecule has 2 fully saturated rings. The van der Waals surface area contributed by atoms with Crippen LogP contribution in [0.3, 0.4) is 0 Å². The van der Waals surface area contributed by atoms with Crippen LogP contribution in [0.25, 0.3) is 0 Å². The van der Waals surface area contributed by atoms with Gasteiger partial charge in [0.1, 0.15) is 0 Å². The van der Waals surface area contributed by atoms with Crippen LogP contribution >= 0.6 is 0 Å². The molecule has 1 heteroatoms. The average Bonchev–Trinajstić information content (AvgIpc) is 2.77. The number of hydrogen-bond acceptors (Lipinski definition) is 1. The summed E-state index contributed by atoms with van der Waals surface area (Å²) in [6.45, 7) is 4.98. The lowest BCUT2D eigenvalue weighted by atomic mass is 9.82. The summed E-state index contributed by atoms with van der Waals surface area (Å²) in [6, 6.07) is 0. The van der Waals surface area contributed by atoms with Crippen molar-refractivity contribution >= 4 is 0 Å². The van der Waals surface area contributed by atoms with E-state index in [1.165, 1.54) is 70.9 Å². The summed E-state index contributed by atoms with van der Waals surface area (Å²) in [5.41, 5.74) is 0. The van der Waals surface area contributed by atoms with E-state index in [2.05, 4.69) is 12.2 Å². The summed E-state index contributed by atoms with van der Waals surface area (Å²) in [6.07, 6.45) is 13.3. The van der Waals surface area contributed by atoms with E-state index in [1.807, 2.05) is 0 Å². The summed E-state index contributed by atoms with van der Waals surface area (Å²) in [7, 11) is 0. The molecule has 1 N–H and O–H groups in total. The normalized spacial score (nSPS) is 32.1. The van der Waals surface area contributed by atoms with E-state index in [9.17, 15) is 0 Å². The van der Waals surface area contributed by atoms with Crippen LogP contribution in [0.2, 0.25) is 0 Å². The highest BCUT2D eigenvalue weighted by molar-refractivity contribution is 4.73. The van der Waals surface area contributed by atoms with Crippen molar-refractivity contribution < 1.29 is 0 Å². The number of hydrogen-bond donors (Lipinski definition) is 1. The first-order valence-corrected chi connectivity index (χ1v) is 7.55. The van der Waals surface area contributed by atoms with E-state index in [0.29, 0.717) is 0 Å². The quantitative estimate of drug-likeness (QED) is 0.695. The Labute approximate surface area is 101 Å². The smallest absolute Gasteiger partial charge is 0.00204 e. The first-order valence-electron chi connectivity index (χ1n) is 7.55. The van der Waals surface area contributed by atoms with E-state index in [0.717, 1.165) is 17.8 Å². The van der Waals surface area contributed by atoms with Crippen LogP contribution in [0.15, 0.2) is 0 Å². The molecule has 0 radical (unpaired) electrons. The van der Waals surface area contributed by atoms with Crippen molar-refractivity contribution in [1.82, 2.24) is 5.32 Å². The second-order valence-electron chi connectivity index (χ2n) is 6.28. The van der Waals surface area contributed by atoms with Crippen LogP contribution in [0.1, 0.15) is 64.7 Å². The van der Waals surface area contributed by atoms with Crippen molar-refractivity contribution in [2.24, 2.45) is 17.8 Å². The van der Waals surface area contributed by atoms with Gasteiger partial charge < -0.3 is 5.32 Å². The van der Waals surface area contributed by atoms with Gasteiger partial charge in [0.05, 0.1) is 0 Å². The minimum Gasteiger partial charge on any atom is -0.316 e. The maximum absolute atomic E-state index is 3.70. The molecule has 1 nitrogen and oxygen atoms in total. The largest absolute Gasteiger partial charge is 0.316 e. The van der Waals surface area contributed by atoms with Crippen molar-refractivity contribution in [2.45, 2.75) is 64.7 Å². The van der Waals surface area contributed by atoms with Crippen LogP contribution < -0.4 is 5.32 Å². The number of rotatable bonds is 5. The van der Waals surface area contributed by atoms with Crippen LogP contribution in [0, 0.1) is 17.8 Å². The second-order valence-corrected chi connectivity index (χ2v) is 6.28. The Morgan fingerprint density at radius 1 is 0.938 bits per heavy atom. The van der Waals surface area contributed by atoms with Crippen LogP contribution in [-0.2, 0) is 0 Å². The lowest BCUT2D eigenvalue weighted by Crippen LogP contribution is -2.28. The Bertz CT molecular complexity index is 184. The first kappa shape index (κ1) is 12.4. The predicted molar refractivity (Wildman–Crippen MR) is 70.6 cm³/mol. The molecule has 2 aliphatic rings. The molecule has 2 unspecified atom stereocenters. The Morgan fingerprint density at radius 2 is 1.69 bits per heavy atom. The third kappa shape index (κ3) is 4.08. The third-order valence-corrected chi connectivity index (χ3v) is 4.68. The fourth-order valence-electron chi connectivity index (χ4n) is 3.66. The molecule has 0 aromatic carbocycles. The second kappa shape index (κ2) is 6.64. The van der Waals surface area contributed by atoms with Gasteiger partial charge in [0.15, 0.2) is 0 Å². The Morgan fingerprint density at radius 3 is 2.44 bits per heavy atom. The Balaban J connectivity index is 1.50. The SMILES string of the molecule is CC1CCCC(CNCCC2CCCC2)C1. The van der Waals surface area contributed by atoms with Gasteiger partial charge in [0.25, 0.3) is 0 Å². The van der Waals surface area contributed by atoms with E-state index < -0.39 is 0 Å². The monoisotopic (exact) mass is 223 g/mol. The molecule has 16 heavy (non-hydrogen) atoms. The van der Waals surface area contributed by atoms with Gasteiger partial charge in [0, 0.05) is 0 Å². The van der Waals surface area contributed by atoms with Crippen LogP contribution in [0.4, 0.5) is 0 Å². The predicted octanol–water partition coefficient (Wildman–Crippen LogP) is 3.98. The molecule has 0 aromatic rings. The highest BCUT2D eigenvalue weighted by Gasteiger charge is 2.18. The molecule has 0 spiro atoms. The Hall–Kier alpha value is -0.0400. The highest BCUT2D eigenvalue weighted by Crippen LogP contribution is 2.28. The molecule has 94 valence electrons. The molecule has 0 aromatic heterocycles. The molecule has 0 heterocycles. The van der Waals surface area contributed by atoms with Gasteiger partial charge in [-0.25, -0.2) is 0 Å². The summed E-state index contributed by atoms with van der Waals surface area (Å²) in [5, 5.41) is 3.70. The topological polar surface area (TPSA) is 12.0 Å². The van der Waals surface area contributed by atoms with Gasteiger partial charge in [-0.15, -0.1) is 0 Å². The van der Waals surface area contributed by atoms with Gasteiger partial charge in [-0.05, 0) is 50.1 Å². The summed E-state index contributed by atoms with van der Waals surface area (Å²) in [5.74, 6) is 3.01. The van der Waals surface area contributed by atoms with Crippen molar-refractivity contribution in [3.63, 3.8) is 0 Å². The molecule has 0 aliphatic heterocycles. The molecule has 0 saturated heterocycles. The Kier molecular flexibility index (Phi) is 5.15. The fraction of sp³-hybridized carbons (Fsp3) is 1.00. The zero-order valence-corrected chi connectivity index (χ0v) is 11.0. The van der Waals surface area contributed by atoms with E-state index in [-0.39, 0.29) is 0 Å². The molecule has 2 aliphatic carbocycles. The summed E-state index contributed by atoms with van der Waals surface area (Å²) < 4.78 is 0. The molecule has 2 saturated carbocycles. The minimum absolute atomic E-state index is 0.979. The standard InChI is InChI=1S/C15H29N/c1-13-5-4-8-15(11-13)12-16-10-9-14-6-2-3-7-14/h13-16H,2-12H2,1H3. The van der Waals surface area contributed by atoms with Gasteiger partial charge in [0.2, 0.25) is 0 Å². The van der Waals surface area contributed by atoms with Crippen molar-refractivity contribution in [3.8, 4) is 0 Å². The molecule has 2 atom stereocenters. The van der Waals surface area contributed by atoms with E-state index >= 15 is 0 Å². The summed E-state index contributed by atoms with van der Waals surface area (Å²) >= 11 is 0. The average molecular weight is 223 g/mol. The van der Waals surface area contributed by atoms with E-state index in [4.69, 9.17) is 0 Å². The fourth-order valence-corrected chi connectivity index (χ4v) is 3.66. The molecule has 0 amide bonds. The lowest BCUT2D eigenvalue weighted by molar-refractivity contribution is 0.272. The third-order valence-electron chi connectivity index (χ3n) is 4.68. The molecular weight excluding hydrogens is 194 g/mol. The zero-order valence-electron chi connectivity index (χ0n) is 11.0. The maximum Gasteiger partial charge on any atom is -0.00204 e. The van der Waals surface area contributed by atoms with Gasteiger partial charge in [-0.1, -0.05) is 45.4 Å². The van der Waals surface area contributed by atoms with E-state index in [1.54, 1.807) is 0 Å².